The van der Waals surface area contributed by atoms with Crippen LogP contribution in [0.4, 0.5) is 0 Å². The molecule has 0 saturated carbocycles. The van der Waals surface area contributed by atoms with E-state index in [1.54, 1.807) is 11.3 Å². The summed E-state index contributed by atoms with van der Waals surface area (Å²) in [7, 11) is 0. The van der Waals surface area contributed by atoms with Crippen molar-refractivity contribution < 1.29 is 5.11 Å². The van der Waals surface area contributed by atoms with E-state index in [1.165, 1.54) is 0 Å². The number of aliphatic hydroxyl groups excluding tert-OH is 1. The minimum absolute atomic E-state index is 0.127. The molecule has 0 aliphatic carbocycles. The molecule has 4 nitrogen and oxygen atoms in total. The van der Waals surface area contributed by atoms with E-state index in [2.05, 4.69) is 28.5 Å². The van der Waals surface area contributed by atoms with E-state index < -0.39 is 0 Å². The molecule has 0 aliphatic rings. The summed E-state index contributed by atoms with van der Waals surface area (Å²) in [5.41, 5.74) is 2.41. The van der Waals surface area contributed by atoms with Gasteiger partial charge in [0.05, 0.1) is 17.2 Å². The van der Waals surface area contributed by atoms with Crippen LogP contribution < -0.4 is 0 Å². The fourth-order valence-corrected chi connectivity index (χ4v) is 3.42. The van der Waals surface area contributed by atoms with Gasteiger partial charge in [0.25, 0.3) is 0 Å². The molecule has 1 N–H and O–H groups in total. The lowest BCUT2D eigenvalue weighted by molar-refractivity contribution is 0.277. The minimum Gasteiger partial charge on any atom is -0.390 e. The van der Waals surface area contributed by atoms with Crippen LogP contribution in [-0.2, 0) is 6.61 Å². The first-order chi connectivity index (χ1) is 10.9. The summed E-state index contributed by atoms with van der Waals surface area (Å²) in [4.78, 5) is 1.04. The number of fused-ring (bicyclic) bond motifs is 1. The first-order valence-corrected chi connectivity index (χ1v) is 7.84. The van der Waals surface area contributed by atoms with Crippen molar-refractivity contribution in [1.29, 1.82) is 0 Å². The third kappa shape index (κ3) is 2.03. The van der Waals surface area contributed by atoms with E-state index in [-0.39, 0.29) is 6.61 Å². The Hall–Kier alpha value is -2.50. The zero-order valence-corrected chi connectivity index (χ0v) is 12.5. The largest absolute Gasteiger partial charge is 0.390 e. The van der Waals surface area contributed by atoms with Crippen molar-refractivity contribution in [2.45, 2.75) is 6.61 Å². The summed E-state index contributed by atoms with van der Waals surface area (Å²) in [6, 6.07) is 18.3. The third-order valence-corrected chi connectivity index (χ3v) is 4.52. The molecule has 108 valence electrons. The number of rotatable bonds is 3. The van der Waals surface area contributed by atoms with Gasteiger partial charge < -0.3 is 5.11 Å². The molecule has 0 saturated heterocycles. The van der Waals surface area contributed by atoms with Gasteiger partial charge in [-0.15, -0.1) is 16.4 Å². The molecule has 4 aromatic rings. The van der Waals surface area contributed by atoms with Crippen LogP contribution in [0.5, 0.6) is 0 Å². The van der Waals surface area contributed by atoms with E-state index in [0.717, 1.165) is 27.0 Å². The van der Waals surface area contributed by atoms with Crippen LogP contribution in [0.15, 0.2) is 60.0 Å². The van der Waals surface area contributed by atoms with E-state index in [4.69, 9.17) is 0 Å². The maximum absolute atomic E-state index is 9.58. The summed E-state index contributed by atoms with van der Waals surface area (Å²) in [6.45, 7) is -0.127. The monoisotopic (exact) mass is 307 g/mol. The highest BCUT2D eigenvalue weighted by Crippen LogP contribution is 2.31. The van der Waals surface area contributed by atoms with Crippen LogP contribution in [-0.4, -0.2) is 20.1 Å². The molecule has 0 radical (unpaired) electrons. The Morgan fingerprint density at radius 1 is 1.00 bits per heavy atom. The Balaban J connectivity index is 2.02. The number of aromatic nitrogens is 3. The van der Waals surface area contributed by atoms with Gasteiger partial charge >= 0.3 is 0 Å². The molecule has 0 amide bonds. The highest BCUT2D eigenvalue weighted by atomic mass is 32.1. The molecule has 5 heteroatoms. The Morgan fingerprint density at radius 2 is 1.86 bits per heavy atom. The zero-order chi connectivity index (χ0) is 14.9. The second-order valence-electron chi connectivity index (χ2n) is 4.93. The number of benzene rings is 2. The molecule has 2 heterocycles. The lowest BCUT2D eigenvalue weighted by Crippen LogP contribution is -2.00. The van der Waals surface area contributed by atoms with Crippen molar-refractivity contribution in [3.63, 3.8) is 0 Å². The molecule has 0 spiro atoms. The van der Waals surface area contributed by atoms with Crippen molar-refractivity contribution >= 4 is 22.1 Å². The van der Waals surface area contributed by atoms with Gasteiger partial charge in [0.15, 0.2) is 0 Å². The minimum atomic E-state index is -0.127. The summed E-state index contributed by atoms with van der Waals surface area (Å²) in [5, 5.41) is 22.3. The van der Waals surface area contributed by atoms with Gasteiger partial charge in [0.1, 0.15) is 11.4 Å². The zero-order valence-electron chi connectivity index (χ0n) is 11.7. The van der Waals surface area contributed by atoms with E-state index >= 15 is 0 Å². The van der Waals surface area contributed by atoms with Gasteiger partial charge in [-0.1, -0.05) is 47.7 Å². The topological polar surface area (TPSA) is 50.9 Å². The van der Waals surface area contributed by atoms with Crippen LogP contribution in [0.1, 0.15) is 5.69 Å². The van der Waals surface area contributed by atoms with Crippen molar-refractivity contribution in [1.82, 2.24) is 15.0 Å². The second-order valence-corrected chi connectivity index (χ2v) is 5.88. The lowest BCUT2D eigenvalue weighted by atomic mass is 10.1. The van der Waals surface area contributed by atoms with Crippen molar-refractivity contribution in [3.8, 4) is 16.3 Å². The molecule has 0 fully saturated rings. The molecule has 0 atom stereocenters. The van der Waals surface area contributed by atoms with E-state index in [1.807, 2.05) is 46.5 Å². The highest BCUT2D eigenvalue weighted by Gasteiger charge is 2.17. The van der Waals surface area contributed by atoms with Gasteiger partial charge in [0, 0.05) is 5.39 Å². The predicted octanol–water partition coefficient (Wildman–Crippen LogP) is 3.64. The fourth-order valence-electron chi connectivity index (χ4n) is 2.64. The molecular weight excluding hydrogens is 294 g/mol. The standard InChI is InChI=1S/C17H13N3OS/c21-11-14-17(16-9-4-10-22-16)20(19-18-14)15-8-3-6-12-5-1-2-7-13(12)15/h1-10,21H,11H2. The first-order valence-electron chi connectivity index (χ1n) is 6.96. The van der Waals surface area contributed by atoms with Gasteiger partial charge in [-0.3, -0.25) is 0 Å². The molecule has 2 aromatic carbocycles. The maximum Gasteiger partial charge on any atom is 0.117 e. The molecule has 22 heavy (non-hydrogen) atoms. The van der Waals surface area contributed by atoms with E-state index in [9.17, 15) is 5.11 Å². The molecule has 4 rings (SSSR count). The Kier molecular flexibility index (Phi) is 3.21. The summed E-state index contributed by atoms with van der Waals surface area (Å²) in [6.07, 6.45) is 0. The fraction of sp³-hybridized carbons (Fsp3) is 0.0588. The summed E-state index contributed by atoms with van der Waals surface area (Å²) in [5.74, 6) is 0. The predicted molar refractivity (Wildman–Crippen MR) is 88.1 cm³/mol. The van der Waals surface area contributed by atoms with E-state index in [0.29, 0.717) is 5.69 Å². The second kappa shape index (κ2) is 5.36. The van der Waals surface area contributed by atoms with Crippen LogP contribution in [0.2, 0.25) is 0 Å². The summed E-state index contributed by atoms with van der Waals surface area (Å²) >= 11 is 1.61. The van der Waals surface area contributed by atoms with Crippen LogP contribution in [0.25, 0.3) is 27.0 Å². The maximum atomic E-state index is 9.58. The first kappa shape index (κ1) is 13.2. The number of aliphatic hydroxyl groups is 1. The number of hydrogen-bond donors (Lipinski definition) is 1. The normalized spacial score (nSPS) is 11.1. The van der Waals surface area contributed by atoms with Crippen molar-refractivity contribution in [3.05, 3.63) is 65.7 Å². The Labute approximate surface area is 131 Å². The van der Waals surface area contributed by atoms with Gasteiger partial charge in [-0.2, -0.15) is 0 Å². The number of nitrogens with zero attached hydrogens (tertiary/aromatic N) is 3. The quantitative estimate of drug-likeness (QED) is 0.628. The molecule has 0 aliphatic heterocycles. The number of thiophene rings is 1. The van der Waals surface area contributed by atoms with Crippen LogP contribution in [0.3, 0.4) is 0 Å². The molecule has 2 aromatic heterocycles. The Bertz CT molecular complexity index is 923. The lowest BCUT2D eigenvalue weighted by Gasteiger charge is -2.09. The van der Waals surface area contributed by atoms with Gasteiger partial charge in [-0.25, -0.2) is 4.68 Å². The Morgan fingerprint density at radius 3 is 2.68 bits per heavy atom. The van der Waals surface area contributed by atoms with Crippen LogP contribution >= 0.6 is 11.3 Å². The third-order valence-electron chi connectivity index (χ3n) is 3.64. The van der Waals surface area contributed by atoms with Crippen molar-refractivity contribution in [2.24, 2.45) is 0 Å². The summed E-state index contributed by atoms with van der Waals surface area (Å²) < 4.78 is 1.82. The average molecular weight is 307 g/mol. The average Bonchev–Trinajstić information content (AvgIpc) is 3.23. The smallest absolute Gasteiger partial charge is 0.117 e. The van der Waals surface area contributed by atoms with Gasteiger partial charge in [-0.05, 0) is 22.9 Å². The molecule has 0 unspecified atom stereocenters. The highest BCUT2D eigenvalue weighted by molar-refractivity contribution is 7.13. The van der Waals surface area contributed by atoms with Gasteiger partial charge in [0.2, 0.25) is 0 Å². The van der Waals surface area contributed by atoms with Crippen LogP contribution in [0, 0.1) is 0 Å². The van der Waals surface area contributed by atoms with Crippen molar-refractivity contribution in [2.75, 3.05) is 0 Å². The molecule has 0 bridgehead atoms. The molecular formula is C17H13N3OS. The SMILES string of the molecule is OCc1nnn(-c2cccc3ccccc23)c1-c1cccs1. The number of hydrogen-bond acceptors (Lipinski definition) is 4.